The number of azide groups is 1. The van der Waals surface area contributed by atoms with Crippen LogP contribution in [-0.2, 0) is 0 Å². The first kappa shape index (κ1) is 6.39. The first-order valence-corrected chi connectivity index (χ1v) is 3.14. The van der Waals surface area contributed by atoms with Crippen LogP contribution in [0, 0.1) is 0 Å². The minimum Gasteiger partial charge on any atom is -0.327 e. The molecule has 9 heavy (non-hydrogen) atoms. The highest BCUT2D eigenvalue weighted by Gasteiger charge is 2.21. The molecule has 1 saturated carbocycles. The molecule has 0 spiro atoms. The fourth-order valence-corrected chi connectivity index (χ4v) is 1.18. The normalized spacial score (nSPS) is 33.9. The van der Waals surface area contributed by atoms with E-state index in [1.165, 1.54) is 0 Å². The second kappa shape index (κ2) is 2.71. The van der Waals surface area contributed by atoms with Gasteiger partial charge in [0.25, 0.3) is 0 Å². The van der Waals surface area contributed by atoms with Gasteiger partial charge < -0.3 is 5.73 Å². The molecule has 1 aliphatic carbocycles. The lowest BCUT2D eigenvalue weighted by atomic mass is 10.2. The van der Waals surface area contributed by atoms with Crippen LogP contribution in [0.1, 0.15) is 19.3 Å². The molecule has 4 heteroatoms. The third-order valence-corrected chi connectivity index (χ3v) is 1.73. The summed E-state index contributed by atoms with van der Waals surface area (Å²) < 4.78 is 0. The highest BCUT2D eigenvalue weighted by Crippen LogP contribution is 2.19. The van der Waals surface area contributed by atoms with E-state index in [4.69, 9.17) is 11.3 Å². The van der Waals surface area contributed by atoms with Gasteiger partial charge in [0.15, 0.2) is 0 Å². The maximum Gasteiger partial charge on any atom is 0.0525 e. The van der Waals surface area contributed by atoms with Crippen LogP contribution in [0.15, 0.2) is 5.11 Å². The summed E-state index contributed by atoms with van der Waals surface area (Å²) in [4.78, 5) is 2.71. The molecule has 2 N–H and O–H groups in total. The van der Waals surface area contributed by atoms with E-state index in [0.717, 1.165) is 19.3 Å². The summed E-state index contributed by atoms with van der Waals surface area (Å²) in [5, 5.41) is 3.56. The third-order valence-electron chi connectivity index (χ3n) is 1.73. The van der Waals surface area contributed by atoms with E-state index < -0.39 is 0 Å². The summed E-state index contributed by atoms with van der Waals surface area (Å²) in [5.74, 6) is 0. The van der Waals surface area contributed by atoms with Crippen LogP contribution in [0.25, 0.3) is 10.4 Å². The van der Waals surface area contributed by atoms with E-state index >= 15 is 0 Å². The van der Waals surface area contributed by atoms with Gasteiger partial charge in [-0.15, -0.1) is 0 Å². The number of rotatable bonds is 1. The van der Waals surface area contributed by atoms with Gasteiger partial charge in [0.1, 0.15) is 0 Å². The van der Waals surface area contributed by atoms with Gasteiger partial charge in [-0.25, -0.2) is 0 Å². The fraction of sp³-hybridized carbons (Fsp3) is 1.00. The SMILES string of the molecule is [N-]=[N+]=NC1CCCC1N. The summed E-state index contributed by atoms with van der Waals surface area (Å²) in [6.45, 7) is 0. The van der Waals surface area contributed by atoms with Crippen LogP contribution in [0.2, 0.25) is 0 Å². The molecule has 0 bridgehead atoms. The largest absolute Gasteiger partial charge is 0.327 e. The molecular formula is C5H10N4. The maximum absolute atomic E-state index is 8.05. The third kappa shape index (κ3) is 1.34. The molecule has 1 rings (SSSR count). The Morgan fingerprint density at radius 2 is 2.33 bits per heavy atom. The lowest BCUT2D eigenvalue weighted by Crippen LogP contribution is -2.26. The molecule has 0 saturated heterocycles. The van der Waals surface area contributed by atoms with Crippen LogP contribution >= 0.6 is 0 Å². The van der Waals surface area contributed by atoms with E-state index in [0.29, 0.717) is 0 Å². The van der Waals surface area contributed by atoms with Gasteiger partial charge in [0.05, 0.1) is 6.04 Å². The van der Waals surface area contributed by atoms with Crippen molar-refractivity contribution in [3.05, 3.63) is 10.4 Å². The van der Waals surface area contributed by atoms with E-state index in [1.54, 1.807) is 0 Å². The molecule has 0 aromatic carbocycles. The van der Waals surface area contributed by atoms with Crippen molar-refractivity contribution in [1.82, 2.24) is 0 Å². The minimum atomic E-state index is 0.0648. The van der Waals surface area contributed by atoms with Crippen molar-refractivity contribution in [2.75, 3.05) is 0 Å². The maximum atomic E-state index is 8.05. The molecule has 1 aliphatic rings. The molecule has 1 fully saturated rings. The van der Waals surface area contributed by atoms with Crippen LogP contribution in [-0.4, -0.2) is 12.1 Å². The molecule has 0 aromatic rings. The molecule has 4 nitrogen and oxygen atoms in total. The predicted molar refractivity (Wildman–Crippen MR) is 34.8 cm³/mol. The number of hydrogen-bond donors (Lipinski definition) is 1. The van der Waals surface area contributed by atoms with Crippen molar-refractivity contribution in [2.24, 2.45) is 10.8 Å². The Labute approximate surface area is 53.7 Å². The van der Waals surface area contributed by atoms with Crippen molar-refractivity contribution in [1.29, 1.82) is 0 Å². The summed E-state index contributed by atoms with van der Waals surface area (Å²) in [6, 6.07) is 0.177. The first-order chi connectivity index (χ1) is 4.34. The lowest BCUT2D eigenvalue weighted by Gasteiger charge is -2.05. The van der Waals surface area contributed by atoms with Gasteiger partial charge in [-0.2, -0.15) is 0 Å². The zero-order chi connectivity index (χ0) is 6.69. The monoisotopic (exact) mass is 126 g/mol. The minimum absolute atomic E-state index is 0.0648. The van der Waals surface area contributed by atoms with Crippen LogP contribution < -0.4 is 5.73 Å². The van der Waals surface area contributed by atoms with E-state index in [-0.39, 0.29) is 12.1 Å². The van der Waals surface area contributed by atoms with Gasteiger partial charge >= 0.3 is 0 Å². The number of nitrogens with two attached hydrogens (primary N) is 1. The number of hydrogen-bond acceptors (Lipinski definition) is 2. The molecule has 0 heterocycles. The van der Waals surface area contributed by atoms with Crippen molar-refractivity contribution < 1.29 is 0 Å². The smallest absolute Gasteiger partial charge is 0.0525 e. The van der Waals surface area contributed by atoms with E-state index in [1.807, 2.05) is 0 Å². The average Bonchev–Trinajstić information content (AvgIpc) is 2.18. The lowest BCUT2D eigenvalue weighted by molar-refractivity contribution is 0.600. The second-order valence-electron chi connectivity index (χ2n) is 2.37. The first-order valence-electron chi connectivity index (χ1n) is 3.14. The predicted octanol–water partition coefficient (Wildman–Crippen LogP) is 1.18. The fourth-order valence-electron chi connectivity index (χ4n) is 1.18. The molecule has 0 radical (unpaired) electrons. The Morgan fingerprint density at radius 1 is 1.56 bits per heavy atom. The van der Waals surface area contributed by atoms with Gasteiger partial charge in [0, 0.05) is 11.0 Å². The van der Waals surface area contributed by atoms with Crippen LogP contribution in [0.4, 0.5) is 0 Å². The molecule has 0 aromatic heterocycles. The Balaban J connectivity index is 2.49. The quantitative estimate of drug-likeness (QED) is 0.319. The topological polar surface area (TPSA) is 74.8 Å². The highest BCUT2D eigenvalue weighted by atomic mass is 15.2. The average molecular weight is 126 g/mol. The van der Waals surface area contributed by atoms with Crippen molar-refractivity contribution in [2.45, 2.75) is 31.3 Å². The molecule has 2 unspecified atom stereocenters. The van der Waals surface area contributed by atoms with Crippen molar-refractivity contribution in [3.63, 3.8) is 0 Å². The number of nitrogens with zero attached hydrogens (tertiary/aromatic N) is 3. The zero-order valence-corrected chi connectivity index (χ0v) is 5.20. The Morgan fingerprint density at radius 3 is 2.78 bits per heavy atom. The molecule has 0 aliphatic heterocycles. The molecule has 0 amide bonds. The van der Waals surface area contributed by atoms with Gasteiger partial charge in [0.2, 0.25) is 0 Å². The van der Waals surface area contributed by atoms with Crippen molar-refractivity contribution >= 4 is 0 Å². The van der Waals surface area contributed by atoms with E-state index in [2.05, 4.69) is 10.0 Å². The zero-order valence-electron chi connectivity index (χ0n) is 5.20. The summed E-state index contributed by atoms with van der Waals surface area (Å²) >= 11 is 0. The Bertz CT molecular complexity index is 138. The van der Waals surface area contributed by atoms with Crippen molar-refractivity contribution in [3.8, 4) is 0 Å². The van der Waals surface area contributed by atoms with Gasteiger partial charge in [-0.3, -0.25) is 0 Å². The molecular weight excluding hydrogens is 116 g/mol. The summed E-state index contributed by atoms with van der Waals surface area (Å²) in [7, 11) is 0. The second-order valence-corrected chi connectivity index (χ2v) is 2.37. The van der Waals surface area contributed by atoms with Gasteiger partial charge in [-0.05, 0) is 18.4 Å². The Kier molecular flexibility index (Phi) is 1.92. The highest BCUT2D eigenvalue weighted by molar-refractivity contribution is 4.85. The molecule has 2 atom stereocenters. The van der Waals surface area contributed by atoms with Crippen LogP contribution in [0.5, 0.6) is 0 Å². The Hall–Kier alpha value is -0.730. The standard InChI is InChI=1S/C5H10N4/c6-4-2-1-3-5(4)8-9-7/h4-5H,1-3,6H2. The van der Waals surface area contributed by atoms with E-state index in [9.17, 15) is 0 Å². The van der Waals surface area contributed by atoms with Crippen LogP contribution in [0.3, 0.4) is 0 Å². The summed E-state index contributed by atoms with van der Waals surface area (Å²) in [5.41, 5.74) is 13.6. The van der Waals surface area contributed by atoms with Gasteiger partial charge in [-0.1, -0.05) is 11.5 Å². The molecule has 50 valence electrons. The summed E-state index contributed by atoms with van der Waals surface area (Å²) in [6.07, 6.45) is 3.07.